The van der Waals surface area contributed by atoms with E-state index in [-0.39, 0.29) is 18.4 Å². The molecule has 0 spiro atoms. The number of nitrogens with one attached hydrogen (secondary N) is 1. The maximum absolute atomic E-state index is 11.2. The van der Waals surface area contributed by atoms with Gasteiger partial charge in [0.2, 0.25) is 0 Å². The van der Waals surface area contributed by atoms with Gasteiger partial charge in [-0.2, -0.15) is 5.48 Å². The van der Waals surface area contributed by atoms with Gasteiger partial charge in [0.05, 0.1) is 13.0 Å². The van der Waals surface area contributed by atoms with Crippen molar-refractivity contribution in [3.8, 4) is 0 Å². The van der Waals surface area contributed by atoms with Gasteiger partial charge >= 0.3 is 12.1 Å². The van der Waals surface area contributed by atoms with Crippen LogP contribution in [0.1, 0.15) is 40.0 Å². The van der Waals surface area contributed by atoms with Crippen LogP contribution in [0, 0.1) is 5.41 Å². The van der Waals surface area contributed by atoms with Crippen molar-refractivity contribution in [2.24, 2.45) is 5.41 Å². The highest BCUT2D eigenvalue weighted by Gasteiger charge is 2.45. The number of aliphatic carboxylic acids is 1. The molecule has 0 aliphatic heterocycles. The van der Waals surface area contributed by atoms with Crippen molar-refractivity contribution in [3.63, 3.8) is 0 Å². The number of amides is 1. The molecule has 1 amide bonds. The molecule has 17 heavy (non-hydrogen) atoms. The van der Waals surface area contributed by atoms with Crippen LogP contribution < -0.4 is 5.48 Å². The molecule has 6 nitrogen and oxygen atoms in total. The maximum Gasteiger partial charge on any atom is 0.431 e. The fourth-order valence-corrected chi connectivity index (χ4v) is 1.42. The Kier molecular flexibility index (Phi) is 3.98. The average Bonchev–Trinajstić information content (AvgIpc) is 2.80. The van der Waals surface area contributed by atoms with Gasteiger partial charge in [0.1, 0.15) is 5.60 Å². The first kappa shape index (κ1) is 13.8. The Hall–Kier alpha value is -1.30. The van der Waals surface area contributed by atoms with Crippen molar-refractivity contribution in [1.82, 2.24) is 5.48 Å². The molecule has 1 aliphatic rings. The van der Waals surface area contributed by atoms with Gasteiger partial charge in [0.15, 0.2) is 0 Å². The largest absolute Gasteiger partial charge is 0.481 e. The minimum absolute atomic E-state index is 0.0724. The molecule has 0 aromatic rings. The zero-order chi connectivity index (χ0) is 13.1. The van der Waals surface area contributed by atoms with Crippen LogP contribution >= 0.6 is 0 Å². The summed E-state index contributed by atoms with van der Waals surface area (Å²) in [6, 6.07) is 0. The monoisotopic (exact) mass is 245 g/mol. The van der Waals surface area contributed by atoms with Crippen molar-refractivity contribution in [2.75, 3.05) is 6.61 Å². The molecule has 0 heterocycles. The zero-order valence-corrected chi connectivity index (χ0v) is 10.4. The van der Waals surface area contributed by atoms with Crippen molar-refractivity contribution in [2.45, 2.75) is 45.6 Å². The second-order valence-electron chi connectivity index (χ2n) is 5.46. The minimum Gasteiger partial charge on any atom is -0.481 e. The highest BCUT2D eigenvalue weighted by molar-refractivity contribution is 5.68. The Morgan fingerprint density at radius 1 is 1.35 bits per heavy atom. The highest BCUT2D eigenvalue weighted by atomic mass is 16.7. The number of hydroxylamine groups is 1. The zero-order valence-electron chi connectivity index (χ0n) is 10.4. The van der Waals surface area contributed by atoms with E-state index in [0.29, 0.717) is 0 Å². The normalized spacial score (nSPS) is 17.4. The molecular weight excluding hydrogens is 226 g/mol. The number of carboxylic acids is 1. The van der Waals surface area contributed by atoms with Crippen LogP contribution in [0.5, 0.6) is 0 Å². The molecule has 98 valence electrons. The third-order valence-corrected chi connectivity index (χ3v) is 2.42. The summed E-state index contributed by atoms with van der Waals surface area (Å²) >= 11 is 0. The quantitative estimate of drug-likeness (QED) is 0.720. The van der Waals surface area contributed by atoms with E-state index in [0.717, 1.165) is 12.8 Å². The summed E-state index contributed by atoms with van der Waals surface area (Å²) < 4.78 is 4.96. The number of rotatable bonds is 5. The van der Waals surface area contributed by atoms with Crippen molar-refractivity contribution >= 4 is 12.1 Å². The fraction of sp³-hybridized carbons (Fsp3) is 0.818. The SMILES string of the molecule is CC(C)(C)OC(=O)NOCC1(CC(=O)O)CC1. The Balaban J connectivity index is 2.20. The molecule has 2 N–H and O–H groups in total. The molecule has 1 saturated carbocycles. The van der Waals surface area contributed by atoms with Gasteiger partial charge in [0.25, 0.3) is 0 Å². The average molecular weight is 245 g/mol. The number of carbonyl (C=O) groups excluding carboxylic acids is 1. The summed E-state index contributed by atoms with van der Waals surface area (Å²) in [5.74, 6) is -0.844. The molecule has 6 heteroatoms. The maximum atomic E-state index is 11.2. The Morgan fingerprint density at radius 3 is 2.35 bits per heavy atom. The van der Waals surface area contributed by atoms with E-state index >= 15 is 0 Å². The van der Waals surface area contributed by atoms with Crippen LogP contribution in [0.4, 0.5) is 4.79 Å². The lowest BCUT2D eigenvalue weighted by Gasteiger charge is -2.20. The molecule has 0 atom stereocenters. The van der Waals surface area contributed by atoms with Gasteiger partial charge in [-0.05, 0) is 33.6 Å². The lowest BCUT2D eigenvalue weighted by atomic mass is 10.1. The molecule has 0 aromatic heterocycles. The fourth-order valence-electron chi connectivity index (χ4n) is 1.42. The topological polar surface area (TPSA) is 84.9 Å². The molecular formula is C11H19NO5. The van der Waals surface area contributed by atoms with Gasteiger partial charge in [-0.3, -0.25) is 9.63 Å². The number of carboxylic acid groups (broad SMARTS) is 1. The van der Waals surface area contributed by atoms with Gasteiger partial charge < -0.3 is 9.84 Å². The van der Waals surface area contributed by atoms with Crippen molar-refractivity contribution in [3.05, 3.63) is 0 Å². The first-order valence-corrected chi connectivity index (χ1v) is 5.55. The van der Waals surface area contributed by atoms with E-state index in [1.807, 2.05) is 0 Å². The smallest absolute Gasteiger partial charge is 0.431 e. The first-order valence-electron chi connectivity index (χ1n) is 5.55. The minimum atomic E-state index is -0.844. The summed E-state index contributed by atoms with van der Waals surface area (Å²) in [5.41, 5.74) is 1.27. The van der Waals surface area contributed by atoms with Crippen LogP contribution in [0.25, 0.3) is 0 Å². The van der Waals surface area contributed by atoms with Crippen molar-refractivity contribution in [1.29, 1.82) is 0 Å². The van der Waals surface area contributed by atoms with Crippen molar-refractivity contribution < 1.29 is 24.3 Å². The summed E-state index contributed by atoms with van der Waals surface area (Å²) in [4.78, 5) is 26.8. The molecule has 0 bridgehead atoms. The van der Waals surface area contributed by atoms with E-state index < -0.39 is 17.7 Å². The van der Waals surface area contributed by atoms with E-state index in [9.17, 15) is 9.59 Å². The second kappa shape index (κ2) is 4.91. The van der Waals surface area contributed by atoms with Crippen LogP contribution in [0.3, 0.4) is 0 Å². The van der Waals surface area contributed by atoms with E-state index in [1.54, 1.807) is 20.8 Å². The summed E-state index contributed by atoms with van der Waals surface area (Å²) in [7, 11) is 0. The predicted octanol–water partition coefficient (Wildman–Crippen LogP) is 1.70. The molecule has 1 rings (SSSR count). The predicted molar refractivity (Wildman–Crippen MR) is 59.2 cm³/mol. The van der Waals surface area contributed by atoms with Crippen LogP contribution in [0.2, 0.25) is 0 Å². The lowest BCUT2D eigenvalue weighted by Crippen LogP contribution is -2.34. The summed E-state index contributed by atoms with van der Waals surface area (Å²) in [5, 5.41) is 8.68. The van der Waals surface area contributed by atoms with Crippen LogP contribution in [0.15, 0.2) is 0 Å². The molecule has 0 saturated heterocycles. The number of hydrogen-bond donors (Lipinski definition) is 2. The van der Waals surface area contributed by atoms with Crippen LogP contribution in [-0.4, -0.2) is 29.4 Å². The molecule has 0 radical (unpaired) electrons. The van der Waals surface area contributed by atoms with Gasteiger partial charge in [-0.1, -0.05) is 0 Å². The molecule has 1 fully saturated rings. The van der Waals surface area contributed by atoms with Gasteiger partial charge in [0, 0.05) is 5.41 Å². The Labute approximate surface area is 100 Å². The summed E-state index contributed by atoms with van der Waals surface area (Å²) in [6.45, 7) is 5.46. The molecule has 0 unspecified atom stereocenters. The van der Waals surface area contributed by atoms with E-state index in [2.05, 4.69) is 5.48 Å². The highest BCUT2D eigenvalue weighted by Crippen LogP contribution is 2.48. The van der Waals surface area contributed by atoms with E-state index in [1.165, 1.54) is 0 Å². The summed E-state index contributed by atoms with van der Waals surface area (Å²) in [6.07, 6.45) is 1.04. The first-order chi connectivity index (χ1) is 7.72. The Morgan fingerprint density at radius 2 is 1.94 bits per heavy atom. The third kappa shape index (κ3) is 5.53. The van der Waals surface area contributed by atoms with Crippen LogP contribution in [-0.2, 0) is 14.4 Å². The molecule has 1 aliphatic carbocycles. The van der Waals surface area contributed by atoms with Gasteiger partial charge in [-0.25, -0.2) is 4.79 Å². The standard InChI is InChI=1S/C11H19NO5/c1-10(2,3)17-9(15)12-16-7-11(4-5-11)6-8(13)14/h4-7H2,1-3H3,(H,12,15)(H,13,14). The second-order valence-corrected chi connectivity index (χ2v) is 5.46. The lowest BCUT2D eigenvalue weighted by molar-refractivity contribution is -0.139. The van der Waals surface area contributed by atoms with Gasteiger partial charge in [-0.15, -0.1) is 0 Å². The number of carbonyl (C=O) groups is 2. The molecule has 0 aromatic carbocycles. The number of hydrogen-bond acceptors (Lipinski definition) is 4. The third-order valence-electron chi connectivity index (χ3n) is 2.42. The number of ether oxygens (including phenoxy) is 1. The van der Waals surface area contributed by atoms with E-state index in [4.69, 9.17) is 14.7 Å². The Bertz CT molecular complexity index is 303.